The SMILES string of the molecule is Cc1sc2ncn(C[C@H]3CCCO3)c(=O)c2c1C(=O)NCc1ccc(Br)cc1F. The smallest absolute Gasteiger partial charge is 0.262 e. The lowest BCUT2D eigenvalue weighted by Gasteiger charge is -2.11. The minimum atomic E-state index is -0.412. The maximum Gasteiger partial charge on any atom is 0.262 e. The van der Waals surface area contributed by atoms with Gasteiger partial charge in [0.05, 0.1) is 29.9 Å². The van der Waals surface area contributed by atoms with E-state index in [1.165, 1.54) is 28.3 Å². The number of amides is 1. The van der Waals surface area contributed by atoms with Crippen molar-refractivity contribution in [1.29, 1.82) is 0 Å². The van der Waals surface area contributed by atoms with Crippen LogP contribution in [0.4, 0.5) is 4.39 Å². The largest absolute Gasteiger partial charge is 0.376 e. The van der Waals surface area contributed by atoms with Gasteiger partial charge in [0.1, 0.15) is 10.6 Å². The third kappa shape index (κ3) is 4.12. The number of aromatic nitrogens is 2. The fourth-order valence-corrected chi connectivity index (χ4v) is 4.79. The van der Waals surface area contributed by atoms with Crippen molar-refractivity contribution in [3.05, 3.63) is 61.2 Å². The number of fused-ring (bicyclic) bond motifs is 1. The van der Waals surface area contributed by atoms with E-state index in [1.54, 1.807) is 19.1 Å². The van der Waals surface area contributed by atoms with Crippen molar-refractivity contribution in [1.82, 2.24) is 14.9 Å². The zero-order chi connectivity index (χ0) is 20.5. The standard InChI is InChI=1S/C20H19BrFN3O3S/c1-11-16(18(26)23-8-12-4-5-13(21)7-15(12)22)17-19(29-11)24-10-25(20(17)27)9-14-3-2-6-28-14/h4-5,7,10,14H,2-3,6,8-9H2,1H3,(H,23,26)/t14-/m1/s1. The molecule has 0 saturated carbocycles. The van der Waals surface area contributed by atoms with Gasteiger partial charge >= 0.3 is 0 Å². The van der Waals surface area contributed by atoms with Crippen molar-refractivity contribution in [3.63, 3.8) is 0 Å². The van der Waals surface area contributed by atoms with Crippen LogP contribution < -0.4 is 10.9 Å². The van der Waals surface area contributed by atoms with Gasteiger partial charge in [0.25, 0.3) is 11.5 Å². The Morgan fingerprint density at radius 1 is 1.48 bits per heavy atom. The lowest BCUT2D eigenvalue weighted by molar-refractivity contribution is 0.0952. The molecule has 0 radical (unpaired) electrons. The average Bonchev–Trinajstić information content (AvgIpc) is 3.30. The maximum absolute atomic E-state index is 14.0. The first-order valence-corrected chi connectivity index (χ1v) is 10.9. The van der Waals surface area contributed by atoms with Gasteiger partial charge in [0.2, 0.25) is 0 Å². The molecule has 29 heavy (non-hydrogen) atoms. The van der Waals surface area contributed by atoms with E-state index in [2.05, 4.69) is 26.2 Å². The van der Waals surface area contributed by atoms with E-state index in [-0.39, 0.29) is 18.2 Å². The van der Waals surface area contributed by atoms with Gasteiger partial charge in [-0.3, -0.25) is 14.2 Å². The molecule has 152 valence electrons. The monoisotopic (exact) mass is 479 g/mol. The van der Waals surface area contributed by atoms with Gasteiger partial charge in [-0.25, -0.2) is 9.37 Å². The van der Waals surface area contributed by atoms with Crippen molar-refractivity contribution in [2.45, 2.75) is 39.0 Å². The highest BCUT2D eigenvalue weighted by molar-refractivity contribution is 9.10. The number of hydrogen-bond donors (Lipinski definition) is 1. The highest BCUT2D eigenvalue weighted by Crippen LogP contribution is 2.27. The Hall–Kier alpha value is -2.10. The van der Waals surface area contributed by atoms with Crippen LogP contribution in [0.3, 0.4) is 0 Å². The molecule has 3 heterocycles. The van der Waals surface area contributed by atoms with E-state index < -0.39 is 11.7 Å². The normalized spacial score (nSPS) is 16.4. The summed E-state index contributed by atoms with van der Waals surface area (Å²) in [5, 5.41) is 3.03. The third-order valence-corrected chi connectivity index (χ3v) is 6.47. The second-order valence-corrected chi connectivity index (χ2v) is 9.09. The van der Waals surface area contributed by atoms with Crippen LogP contribution in [0.2, 0.25) is 0 Å². The van der Waals surface area contributed by atoms with Crippen LogP contribution in [0.15, 0.2) is 33.8 Å². The molecule has 0 unspecified atom stereocenters. The van der Waals surface area contributed by atoms with Crippen LogP contribution in [0.25, 0.3) is 10.2 Å². The summed E-state index contributed by atoms with van der Waals surface area (Å²) in [5.74, 6) is -0.822. The van der Waals surface area contributed by atoms with E-state index >= 15 is 0 Å². The van der Waals surface area contributed by atoms with Crippen LogP contribution in [-0.4, -0.2) is 28.2 Å². The molecule has 1 atom stereocenters. The zero-order valence-corrected chi connectivity index (χ0v) is 18.1. The maximum atomic E-state index is 14.0. The van der Waals surface area contributed by atoms with Crippen molar-refractivity contribution in [3.8, 4) is 0 Å². The Labute approximate surface area is 178 Å². The van der Waals surface area contributed by atoms with Crippen LogP contribution in [0.1, 0.15) is 33.6 Å². The van der Waals surface area contributed by atoms with Crippen molar-refractivity contribution in [2.24, 2.45) is 0 Å². The lowest BCUT2D eigenvalue weighted by atomic mass is 10.1. The van der Waals surface area contributed by atoms with Crippen molar-refractivity contribution in [2.75, 3.05) is 6.61 Å². The molecule has 0 bridgehead atoms. The number of halogens is 2. The zero-order valence-electron chi connectivity index (χ0n) is 15.7. The first-order chi connectivity index (χ1) is 13.9. The van der Waals surface area contributed by atoms with Gasteiger partial charge in [-0.2, -0.15) is 0 Å². The minimum Gasteiger partial charge on any atom is -0.376 e. The molecule has 1 amide bonds. The molecule has 1 fully saturated rings. The molecule has 2 aromatic heterocycles. The summed E-state index contributed by atoms with van der Waals surface area (Å²) < 4.78 is 21.8. The van der Waals surface area contributed by atoms with E-state index in [4.69, 9.17) is 4.74 Å². The van der Waals surface area contributed by atoms with Crippen molar-refractivity contribution >= 4 is 43.4 Å². The third-order valence-electron chi connectivity index (χ3n) is 4.96. The molecule has 6 nitrogen and oxygen atoms in total. The average molecular weight is 480 g/mol. The second kappa shape index (κ2) is 8.33. The number of nitrogens with zero attached hydrogens (tertiary/aromatic N) is 2. The Bertz CT molecular complexity index is 1140. The van der Waals surface area contributed by atoms with Crippen LogP contribution >= 0.6 is 27.3 Å². The molecule has 3 aromatic rings. The number of benzene rings is 1. The molecular weight excluding hydrogens is 461 g/mol. The quantitative estimate of drug-likeness (QED) is 0.604. The van der Waals surface area contributed by atoms with Crippen LogP contribution in [-0.2, 0) is 17.8 Å². The van der Waals surface area contributed by atoms with Gasteiger partial charge in [0, 0.05) is 28.1 Å². The summed E-state index contributed by atoms with van der Waals surface area (Å²) in [6.45, 7) is 2.93. The van der Waals surface area contributed by atoms with Gasteiger partial charge < -0.3 is 10.1 Å². The number of carbonyl (C=O) groups is 1. The molecule has 0 spiro atoms. The molecule has 0 aliphatic carbocycles. The second-order valence-electron chi connectivity index (χ2n) is 6.97. The number of nitrogens with one attached hydrogen (secondary N) is 1. The predicted molar refractivity (Wildman–Crippen MR) is 113 cm³/mol. The molecule has 1 aromatic carbocycles. The molecule has 1 aliphatic heterocycles. The van der Waals surface area contributed by atoms with Gasteiger partial charge in [-0.15, -0.1) is 11.3 Å². The van der Waals surface area contributed by atoms with Crippen LogP contribution in [0, 0.1) is 12.7 Å². The summed E-state index contributed by atoms with van der Waals surface area (Å²) >= 11 is 4.51. The summed E-state index contributed by atoms with van der Waals surface area (Å²) in [5.41, 5.74) is 0.421. The van der Waals surface area contributed by atoms with E-state index in [0.717, 1.165) is 12.8 Å². The first-order valence-electron chi connectivity index (χ1n) is 9.26. The Morgan fingerprint density at radius 2 is 2.31 bits per heavy atom. The van der Waals surface area contributed by atoms with Gasteiger partial charge in [0.15, 0.2) is 0 Å². The van der Waals surface area contributed by atoms with E-state index in [0.29, 0.717) is 43.8 Å². The molecular formula is C20H19BrFN3O3S. The summed E-state index contributed by atoms with van der Waals surface area (Å²) in [4.78, 5) is 31.5. The molecule has 1 aliphatic rings. The van der Waals surface area contributed by atoms with Crippen LogP contribution in [0.5, 0.6) is 0 Å². The topological polar surface area (TPSA) is 73.2 Å². The highest BCUT2D eigenvalue weighted by atomic mass is 79.9. The fourth-order valence-electron chi connectivity index (χ4n) is 3.48. The summed E-state index contributed by atoms with van der Waals surface area (Å²) in [6.07, 6.45) is 3.39. The fraction of sp³-hybridized carbons (Fsp3) is 0.350. The molecule has 1 N–H and O–H groups in total. The predicted octanol–water partition coefficient (Wildman–Crippen LogP) is 3.78. The Morgan fingerprint density at radius 3 is 3.03 bits per heavy atom. The highest BCUT2D eigenvalue weighted by Gasteiger charge is 2.23. The number of carbonyl (C=O) groups excluding carboxylic acids is 1. The Kier molecular flexibility index (Phi) is 5.80. The summed E-state index contributed by atoms with van der Waals surface area (Å²) in [7, 11) is 0. The first kappa shape index (κ1) is 20.2. The number of hydrogen-bond acceptors (Lipinski definition) is 5. The number of aryl methyl sites for hydroxylation is 1. The van der Waals surface area contributed by atoms with E-state index in [1.807, 2.05) is 0 Å². The summed E-state index contributed by atoms with van der Waals surface area (Å²) in [6, 6.07) is 4.66. The van der Waals surface area contributed by atoms with Crippen molar-refractivity contribution < 1.29 is 13.9 Å². The lowest BCUT2D eigenvalue weighted by Crippen LogP contribution is -2.29. The molecule has 1 saturated heterocycles. The number of ether oxygens (including phenoxy) is 1. The van der Waals surface area contributed by atoms with Gasteiger partial charge in [-0.1, -0.05) is 22.0 Å². The molecule has 9 heteroatoms. The number of thiophene rings is 1. The van der Waals surface area contributed by atoms with E-state index in [9.17, 15) is 14.0 Å². The number of rotatable bonds is 5. The Balaban J connectivity index is 1.62. The van der Waals surface area contributed by atoms with Gasteiger partial charge in [-0.05, 0) is 31.9 Å². The molecule has 4 rings (SSSR count). The minimum absolute atomic E-state index is 0.00987.